The van der Waals surface area contributed by atoms with Gasteiger partial charge in [0.2, 0.25) is 5.91 Å². The van der Waals surface area contributed by atoms with Gasteiger partial charge in [0.25, 0.3) is 0 Å². The van der Waals surface area contributed by atoms with E-state index in [9.17, 15) is 65.8 Å². The Balaban J connectivity index is 1.19. The van der Waals surface area contributed by atoms with Crippen LogP contribution in [0.15, 0.2) is 12.2 Å². The summed E-state index contributed by atoms with van der Waals surface area (Å²) in [6, 6.07) is 0. The number of ether oxygens (including phenoxy) is 5. The predicted molar refractivity (Wildman–Crippen MR) is 203 cm³/mol. The molecule has 19 nitrogen and oxygen atoms in total. The van der Waals surface area contributed by atoms with E-state index in [-0.39, 0.29) is 35.0 Å². The van der Waals surface area contributed by atoms with Crippen molar-refractivity contribution >= 4 is 11.9 Å². The van der Waals surface area contributed by atoms with E-state index in [0.717, 1.165) is 37.7 Å². The summed E-state index contributed by atoms with van der Waals surface area (Å²) in [6.07, 6.45) is -17.2. The lowest BCUT2D eigenvalue weighted by Crippen LogP contribution is -2.67. The number of carbonyl (C=O) groups is 2. The Kier molecular flexibility index (Phi) is 13.2. The van der Waals surface area contributed by atoms with Crippen molar-refractivity contribution in [2.45, 2.75) is 170 Å². The van der Waals surface area contributed by atoms with Gasteiger partial charge in [0.15, 0.2) is 12.6 Å². The fourth-order valence-corrected chi connectivity index (χ4v) is 13.1. The Morgan fingerprint density at radius 1 is 0.700 bits per heavy atom. The number of carbonyl (C=O) groups excluding carboxylic acids is 1. The fourth-order valence-electron chi connectivity index (χ4n) is 13.1. The molecule has 21 atom stereocenters. The van der Waals surface area contributed by atoms with E-state index in [1.165, 1.54) is 0 Å². The Labute approximate surface area is 348 Å². The van der Waals surface area contributed by atoms with Gasteiger partial charge in [0.1, 0.15) is 79.8 Å². The van der Waals surface area contributed by atoms with E-state index in [2.05, 4.69) is 18.8 Å². The number of hydrogen-bond acceptors (Lipinski definition) is 17. The molecule has 0 radical (unpaired) electrons. The highest BCUT2D eigenvalue weighted by molar-refractivity contribution is 5.86. The Bertz CT molecular complexity index is 1590. The summed E-state index contributed by atoms with van der Waals surface area (Å²) in [4.78, 5) is 25.0. The summed E-state index contributed by atoms with van der Waals surface area (Å²) in [5, 5.41) is 118. The second-order valence-electron chi connectivity index (χ2n) is 19.3. The molecule has 7 fully saturated rings. The van der Waals surface area contributed by atoms with Crippen molar-refractivity contribution in [1.29, 1.82) is 0 Å². The van der Waals surface area contributed by atoms with Crippen LogP contribution in [0.4, 0.5) is 0 Å². The predicted octanol–water partition coefficient (Wildman–Crippen LogP) is -2.59. The number of aliphatic carboxylic acids is 1. The maximum atomic E-state index is 13.7. The molecule has 0 aromatic carbocycles. The first-order valence-corrected chi connectivity index (χ1v) is 21.3. The highest BCUT2D eigenvalue weighted by Gasteiger charge is 2.68. The van der Waals surface area contributed by atoms with Crippen LogP contribution in [0.25, 0.3) is 0 Å². The van der Waals surface area contributed by atoms with Crippen LogP contribution in [0.1, 0.15) is 78.1 Å². The number of carboxylic acids is 1. The van der Waals surface area contributed by atoms with Crippen LogP contribution in [0.3, 0.4) is 0 Å². The average molecular weight is 860 g/mol. The number of aliphatic hydroxyl groups is 10. The zero-order valence-electron chi connectivity index (χ0n) is 34.2. The first kappa shape index (κ1) is 46.1. The topological polar surface area (TPSA) is 315 Å². The van der Waals surface area contributed by atoms with E-state index in [1.807, 2.05) is 6.92 Å². The van der Waals surface area contributed by atoms with Crippen LogP contribution in [-0.4, -0.2) is 186 Å². The second-order valence-corrected chi connectivity index (χ2v) is 19.3. The average Bonchev–Trinajstić information content (AvgIpc) is 3.41. The molecule has 1 spiro atoms. The Morgan fingerprint density at radius 3 is 1.82 bits per heavy atom. The van der Waals surface area contributed by atoms with E-state index in [1.54, 1.807) is 0 Å². The smallest absolute Gasteiger partial charge is 0.322 e. The lowest BCUT2D eigenvalue weighted by molar-refractivity contribution is -0.372. The number of hydrogen-bond donors (Lipinski definition) is 12. The van der Waals surface area contributed by atoms with E-state index in [0.29, 0.717) is 25.7 Å². The molecule has 7 rings (SSSR count). The summed E-state index contributed by atoms with van der Waals surface area (Å²) in [5.41, 5.74) is -0.766. The van der Waals surface area contributed by atoms with Crippen molar-refractivity contribution in [2.75, 3.05) is 26.4 Å². The van der Waals surface area contributed by atoms with E-state index in [4.69, 9.17) is 23.7 Å². The van der Waals surface area contributed by atoms with E-state index < -0.39 is 135 Å². The molecule has 1 amide bonds. The second kappa shape index (κ2) is 17.2. The maximum Gasteiger partial charge on any atom is 0.322 e. The quantitative estimate of drug-likeness (QED) is 0.0896. The summed E-state index contributed by atoms with van der Waals surface area (Å²) < 4.78 is 30.3. The van der Waals surface area contributed by atoms with Gasteiger partial charge in [-0.3, -0.25) is 9.59 Å². The Hall–Kier alpha value is -1.92. The van der Waals surface area contributed by atoms with Gasteiger partial charge in [-0.05, 0) is 85.9 Å². The summed E-state index contributed by atoms with van der Waals surface area (Å²) >= 11 is 0. The lowest BCUT2D eigenvalue weighted by atomic mass is 9.40. The number of allylic oxidation sites excluding steroid dienone is 1. The van der Waals surface area contributed by atoms with Gasteiger partial charge in [-0.2, -0.15) is 0 Å². The molecule has 3 aliphatic heterocycles. The zero-order valence-corrected chi connectivity index (χ0v) is 34.2. The molecule has 19 heteroatoms. The number of aliphatic hydroxyl groups excluding tert-OH is 10. The highest BCUT2D eigenvalue weighted by atomic mass is 16.7. The van der Waals surface area contributed by atoms with Crippen LogP contribution < -0.4 is 5.32 Å². The third-order valence-corrected chi connectivity index (χ3v) is 16.1. The molecule has 7 aliphatic rings. The number of nitrogens with one attached hydrogen (secondary N) is 1. The molecule has 342 valence electrons. The van der Waals surface area contributed by atoms with Gasteiger partial charge < -0.3 is 85.2 Å². The minimum absolute atomic E-state index is 0.0228. The van der Waals surface area contributed by atoms with Gasteiger partial charge >= 0.3 is 5.97 Å². The van der Waals surface area contributed by atoms with Crippen molar-refractivity contribution in [3.05, 3.63) is 12.2 Å². The summed E-state index contributed by atoms with van der Waals surface area (Å²) in [5.74, 6) is -1.10. The maximum absolute atomic E-state index is 13.7. The minimum atomic E-state index is -1.89. The molecule has 3 saturated heterocycles. The first-order valence-electron chi connectivity index (χ1n) is 21.3. The third kappa shape index (κ3) is 7.66. The zero-order chi connectivity index (χ0) is 43.7. The molecule has 12 N–H and O–H groups in total. The molecule has 2 bridgehead atoms. The minimum Gasteiger partial charge on any atom is -0.480 e. The molecular formula is C41H65NO18. The standard InChI is InChI=1S/C41H65NO18/c1-18-11-41-10-5-23-38(2,7-4-8-39(23,3)37(55)42-13-25(46)47)24(41)6-9-40(18,17-41)12-19-33(59-35-31(53)29(51)26(48)20(14-43)57-35)34(28(50)22(16-45)56-19)60-36-32(54)30(52)27(49)21(15-44)58-36/h19-24,26-36,43-45,48-54H,1,4-17H2,2-3H3,(H,42,55)(H,46,47)/t19-,20+,21+,22+,23-,24-,26+,27+,28+,29-,30-,31+,32+,33-,34-,35-,36-,38+,39+,40-,41+/m0/s1. The largest absolute Gasteiger partial charge is 0.480 e. The molecule has 4 saturated carbocycles. The van der Waals surface area contributed by atoms with Crippen molar-refractivity contribution < 1.29 is 89.4 Å². The van der Waals surface area contributed by atoms with Gasteiger partial charge in [-0.1, -0.05) is 32.4 Å². The van der Waals surface area contributed by atoms with Crippen LogP contribution in [0, 0.1) is 33.5 Å². The monoisotopic (exact) mass is 859 g/mol. The highest BCUT2D eigenvalue weighted by Crippen LogP contribution is 2.75. The Morgan fingerprint density at radius 2 is 1.25 bits per heavy atom. The number of fused-ring (bicyclic) bond motifs is 3. The lowest BCUT2D eigenvalue weighted by Gasteiger charge is -2.64. The van der Waals surface area contributed by atoms with Gasteiger partial charge in [-0.15, -0.1) is 0 Å². The van der Waals surface area contributed by atoms with Gasteiger partial charge in [0, 0.05) is 5.41 Å². The molecule has 4 aliphatic carbocycles. The SMILES string of the molecule is C=C1C[C@@]23CC[C@H]4[C@@](C)(CCC[C@@]4(C)C(=O)NCC(=O)O)[C@@H]2CC[C@]1(C[C@@H]1O[C@H](CO)[C@@H](O)[C@H](O[C@@H]2O[C@H](CO)[C@@H](O)[C@H](O)[C@H]2O)[C@H]1O[C@@H]1O[C@H](CO)[C@@H](O)[C@H](O)[C@H]1O)C3. The third-order valence-electron chi connectivity index (χ3n) is 16.1. The normalized spacial score (nSPS) is 51.7. The van der Waals surface area contributed by atoms with Crippen molar-refractivity contribution in [3.8, 4) is 0 Å². The van der Waals surface area contributed by atoms with Crippen LogP contribution >= 0.6 is 0 Å². The molecule has 3 heterocycles. The van der Waals surface area contributed by atoms with Crippen LogP contribution in [-0.2, 0) is 33.3 Å². The first-order chi connectivity index (χ1) is 28.3. The molecule has 60 heavy (non-hydrogen) atoms. The van der Waals surface area contributed by atoms with Crippen molar-refractivity contribution in [3.63, 3.8) is 0 Å². The molecule has 0 aromatic heterocycles. The number of carboxylic acid groups (broad SMARTS) is 1. The fraction of sp³-hybridized carbons (Fsp3) is 0.902. The van der Waals surface area contributed by atoms with Crippen LogP contribution in [0.5, 0.6) is 0 Å². The van der Waals surface area contributed by atoms with Gasteiger partial charge in [0.05, 0.1) is 25.9 Å². The molecular weight excluding hydrogens is 794 g/mol. The van der Waals surface area contributed by atoms with Crippen molar-refractivity contribution in [1.82, 2.24) is 5.32 Å². The van der Waals surface area contributed by atoms with Crippen LogP contribution in [0.2, 0.25) is 0 Å². The summed E-state index contributed by atoms with van der Waals surface area (Å²) in [7, 11) is 0. The van der Waals surface area contributed by atoms with E-state index >= 15 is 0 Å². The number of rotatable bonds is 12. The number of amides is 1. The molecule has 0 aromatic rings. The van der Waals surface area contributed by atoms with Gasteiger partial charge in [-0.25, -0.2) is 0 Å². The molecule has 0 unspecified atom stereocenters. The summed E-state index contributed by atoms with van der Waals surface area (Å²) in [6.45, 7) is 6.20. The van der Waals surface area contributed by atoms with Crippen molar-refractivity contribution in [2.24, 2.45) is 33.5 Å².